The molecule has 3 heteroatoms. The van der Waals surface area contributed by atoms with E-state index < -0.39 is 0 Å². The van der Waals surface area contributed by atoms with Gasteiger partial charge in [-0.3, -0.25) is 4.98 Å². The third kappa shape index (κ3) is 3.80. The van der Waals surface area contributed by atoms with Gasteiger partial charge in [0.2, 0.25) is 0 Å². The lowest BCUT2D eigenvalue weighted by Crippen LogP contribution is -2.37. The molecule has 1 saturated heterocycles. The van der Waals surface area contributed by atoms with Crippen molar-refractivity contribution in [3.63, 3.8) is 0 Å². The van der Waals surface area contributed by atoms with Gasteiger partial charge >= 0.3 is 0 Å². The van der Waals surface area contributed by atoms with Gasteiger partial charge in [-0.15, -0.1) is 0 Å². The topological polar surface area (TPSA) is 28.2 Å². The minimum absolute atomic E-state index is 0.814. The molecule has 3 rings (SSSR count). The highest BCUT2D eigenvalue weighted by Gasteiger charge is 2.16. The quantitative estimate of drug-likeness (QED) is 0.855. The lowest BCUT2D eigenvalue weighted by molar-refractivity contribution is 0.206. The number of benzene rings is 1. The second-order valence-corrected chi connectivity index (χ2v) is 6.22. The van der Waals surface area contributed by atoms with E-state index in [1.807, 2.05) is 12.3 Å². The molecule has 0 bridgehead atoms. The Morgan fingerprint density at radius 2 is 2.19 bits per heavy atom. The zero-order valence-corrected chi connectivity index (χ0v) is 12.9. The van der Waals surface area contributed by atoms with Gasteiger partial charge < -0.3 is 10.2 Å². The van der Waals surface area contributed by atoms with Crippen molar-refractivity contribution < 1.29 is 0 Å². The molecule has 0 saturated carbocycles. The Labute approximate surface area is 127 Å². The zero-order chi connectivity index (χ0) is 14.5. The molecule has 0 amide bonds. The van der Waals surface area contributed by atoms with Crippen LogP contribution in [0.3, 0.4) is 0 Å². The van der Waals surface area contributed by atoms with Gasteiger partial charge in [-0.05, 0) is 63.5 Å². The first-order valence-corrected chi connectivity index (χ1v) is 8.05. The number of likely N-dealkylation sites (tertiary alicyclic amines) is 1. The predicted molar refractivity (Wildman–Crippen MR) is 88.5 cm³/mol. The van der Waals surface area contributed by atoms with Crippen LogP contribution in [-0.4, -0.2) is 43.1 Å². The highest BCUT2D eigenvalue weighted by atomic mass is 15.1. The lowest BCUT2D eigenvalue weighted by atomic mass is 9.98. The predicted octanol–water partition coefficient (Wildman–Crippen LogP) is 2.71. The molecule has 1 atom stereocenters. The van der Waals surface area contributed by atoms with Crippen LogP contribution in [0, 0.1) is 5.92 Å². The van der Waals surface area contributed by atoms with Crippen LogP contribution in [0.2, 0.25) is 0 Å². The highest BCUT2D eigenvalue weighted by Crippen LogP contribution is 2.16. The van der Waals surface area contributed by atoms with Crippen LogP contribution in [0.15, 0.2) is 36.5 Å². The molecule has 1 aliphatic rings. The Balaban J connectivity index is 1.50. The zero-order valence-electron chi connectivity index (χ0n) is 12.9. The number of aromatic nitrogens is 1. The molecule has 2 aromatic rings. The first-order valence-electron chi connectivity index (χ1n) is 8.05. The smallest absolute Gasteiger partial charge is 0.0734 e. The van der Waals surface area contributed by atoms with Crippen molar-refractivity contribution in [2.24, 2.45) is 5.92 Å². The van der Waals surface area contributed by atoms with Crippen LogP contribution in [0.5, 0.6) is 0 Å². The van der Waals surface area contributed by atoms with E-state index in [4.69, 9.17) is 0 Å². The molecule has 21 heavy (non-hydrogen) atoms. The molecule has 1 aliphatic heterocycles. The molecule has 1 unspecified atom stereocenters. The SMILES string of the molecule is CN1CCCC(CNCCc2cccc3cccnc23)C1. The van der Waals surface area contributed by atoms with E-state index in [9.17, 15) is 0 Å². The summed E-state index contributed by atoms with van der Waals surface area (Å²) in [6.45, 7) is 4.68. The molecular formula is C18H25N3. The van der Waals surface area contributed by atoms with Crippen molar-refractivity contribution in [3.05, 3.63) is 42.1 Å². The molecule has 0 radical (unpaired) electrons. The van der Waals surface area contributed by atoms with E-state index in [0.29, 0.717) is 0 Å². The largest absolute Gasteiger partial charge is 0.316 e. The third-order valence-electron chi connectivity index (χ3n) is 4.44. The van der Waals surface area contributed by atoms with E-state index >= 15 is 0 Å². The van der Waals surface area contributed by atoms with Crippen LogP contribution in [0.25, 0.3) is 10.9 Å². The number of hydrogen-bond acceptors (Lipinski definition) is 3. The van der Waals surface area contributed by atoms with E-state index in [0.717, 1.165) is 30.9 Å². The van der Waals surface area contributed by atoms with Crippen LogP contribution < -0.4 is 5.32 Å². The second-order valence-electron chi connectivity index (χ2n) is 6.22. The Hall–Kier alpha value is -1.45. The van der Waals surface area contributed by atoms with Crippen molar-refractivity contribution in [2.45, 2.75) is 19.3 Å². The summed E-state index contributed by atoms with van der Waals surface area (Å²) >= 11 is 0. The highest BCUT2D eigenvalue weighted by molar-refractivity contribution is 5.81. The number of nitrogens with one attached hydrogen (secondary N) is 1. The fourth-order valence-corrected chi connectivity index (χ4v) is 3.34. The Morgan fingerprint density at radius 1 is 1.29 bits per heavy atom. The minimum Gasteiger partial charge on any atom is -0.316 e. The monoisotopic (exact) mass is 283 g/mol. The average Bonchev–Trinajstić information content (AvgIpc) is 2.52. The number of para-hydroxylation sites is 1. The summed E-state index contributed by atoms with van der Waals surface area (Å²) in [7, 11) is 2.23. The number of hydrogen-bond donors (Lipinski definition) is 1. The van der Waals surface area contributed by atoms with Crippen LogP contribution in [-0.2, 0) is 6.42 Å². The van der Waals surface area contributed by atoms with Gasteiger partial charge in [-0.1, -0.05) is 24.3 Å². The van der Waals surface area contributed by atoms with Crippen molar-refractivity contribution in [1.82, 2.24) is 15.2 Å². The van der Waals surface area contributed by atoms with Crippen molar-refractivity contribution >= 4 is 10.9 Å². The Morgan fingerprint density at radius 3 is 3.10 bits per heavy atom. The van der Waals surface area contributed by atoms with Gasteiger partial charge in [-0.25, -0.2) is 0 Å². The van der Waals surface area contributed by atoms with Gasteiger partial charge in [0, 0.05) is 18.1 Å². The average molecular weight is 283 g/mol. The normalized spacial score (nSPS) is 20.0. The molecule has 1 N–H and O–H groups in total. The van der Waals surface area contributed by atoms with Crippen molar-refractivity contribution in [3.8, 4) is 0 Å². The first kappa shape index (κ1) is 14.5. The summed E-state index contributed by atoms with van der Waals surface area (Å²) in [5.74, 6) is 0.814. The van der Waals surface area contributed by atoms with E-state index in [2.05, 4.69) is 46.5 Å². The molecule has 112 valence electrons. The van der Waals surface area contributed by atoms with Gasteiger partial charge in [0.15, 0.2) is 0 Å². The second kappa shape index (κ2) is 7.01. The number of fused-ring (bicyclic) bond motifs is 1. The van der Waals surface area contributed by atoms with Gasteiger partial charge in [0.1, 0.15) is 0 Å². The summed E-state index contributed by atoms with van der Waals surface area (Å²) in [5.41, 5.74) is 2.50. The van der Waals surface area contributed by atoms with Crippen LogP contribution in [0.1, 0.15) is 18.4 Å². The first-order chi connectivity index (χ1) is 10.3. The fraction of sp³-hybridized carbons (Fsp3) is 0.500. The Bertz CT molecular complexity index is 576. The molecular weight excluding hydrogens is 258 g/mol. The summed E-state index contributed by atoms with van der Waals surface area (Å²) in [6.07, 6.45) is 5.65. The number of nitrogens with zero attached hydrogens (tertiary/aromatic N) is 2. The van der Waals surface area contributed by atoms with Gasteiger partial charge in [0.25, 0.3) is 0 Å². The number of rotatable bonds is 5. The fourth-order valence-electron chi connectivity index (χ4n) is 3.34. The molecule has 0 spiro atoms. The molecule has 1 aromatic carbocycles. The maximum atomic E-state index is 4.53. The summed E-state index contributed by atoms with van der Waals surface area (Å²) < 4.78 is 0. The molecule has 1 fully saturated rings. The number of pyridine rings is 1. The van der Waals surface area contributed by atoms with Gasteiger partial charge in [-0.2, -0.15) is 0 Å². The maximum Gasteiger partial charge on any atom is 0.0734 e. The molecule has 2 heterocycles. The van der Waals surface area contributed by atoms with E-state index in [1.165, 1.54) is 36.9 Å². The Kier molecular flexibility index (Phi) is 4.84. The van der Waals surface area contributed by atoms with Crippen molar-refractivity contribution in [1.29, 1.82) is 0 Å². The summed E-state index contributed by atoms with van der Waals surface area (Å²) in [5, 5.41) is 4.87. The molecule has 1 aromatic heterocycles. The van der Waals surface area contributed by atoms with E-state index in [1.54, 1.807) is 0 Å². The van der Waals surface area contributed by atoms with Crippen LogP contribution in [0.4, 0.5) is 0 Å². The lowest BCUT2D eigenvalue weighted by Gasteiger charge is -2.29. The standard InChI is InChI=1S/C18H25N3/c1-21-12-4-5-15(14-21)13-19-11-9-17-7-2-6-16-8-3-10-20-18(16)17/h2-3,6-8,10,15,19H,4-5,9,11-14H2,1H3. The maximum absolute atomic E-state index is 4.53. The van der Waals surface area contributed by atoms with Crippen molar-refractivity contribution in [2.75, 3.05) is 33.2 Å². The van der Waals surface area contributed by atoms with Gasteiger partial charge in [0.05, 0.1) is 5.52 Å². The molecule has 0 aliphatic carbocycles. The minimum atomic E-state index is 0.814. The summed E-state index contributed by atoms with van der Waals surface area (Å²) in [6, 6.07) is 10.6. The summed E-state index contributed by atoms with van der Waals surface area (Å²) in [4.78, 5) is 6.97. The molecule has 3 nitrogen and oxygen atoms in total. The van der Waals surface area contributed by atoms with Crippen LogP contribution >= 0.6 is 0 Å². The van der Waals surface area contributed by atoms with E-state index in [-0.39, 0.29) is 0 Å². The number of piperidine rings is 1. The third-order valence-corrected chi connectivity index (χ3v) is 4.44.